The Morgan fingerprint density at radius 1 is 1.55 bits per heavy atom. The maximum absolute atomic E-state index is 11.0. The maximum Gasteiger partial charge on any atom is 0.151 e. The van der Waals surface area contributed by atoms with Gasteiger partial charge >= 0.3 is 0 Å². The van der Waals surface area contributed by atoms with E-state index >= 15 is 0 Å². The Labute approximate surface area is 66.3 Å². The van der Waals surface area contributed by atoms with Crippen LogP contribution in [0, 0.1) is 5.92 Å². The first-order valence-corrected chi connectivity index (χ1v) is 5.44. The van der Waals surface area contributed by atoms with E-state index in [1.54, 1.807) is 0 Å². The predicted molar refractivity (Wildman–Crippen MR) is 41.8 cm³/mol. The molecule has 1 aliphatic heterocycles. The summed E-state index contributed by atoms with van der Waals surface area (Å²) in [7, 11) is -2.91. The fourth-order valence-electron chi connectivity index (χ4n) is 1.28. The molecule has 0 spiro atoms. The number of aliphatic hydroxyl groups excluding tert-OH is 1. The minimum atomic E-state index is -2.91. The van der Waals surface area contributed by atoms with Gasteiger partial charge in [-0.05, 0) is 12.3 Å². The molecular weight excluding hydrogens is 166 g/mol. The van der Waals surface area contributed by atoms with Gasteiger partial charge in [0.15, 0.2) is 9.84 Å². The molecule has 1 heterocycles. The summed E-state index contributed by atoms with van der Waals surface area (Å²) in [6.07, 6.45) is 0.500. The molecule has 1 rings (SSSR count). The normalized spacial score (nSPS) is 36.9. The summed E-state index contributed by atoms with van der Waals surface area (Å²) in [6.45, 7) is -0.00329. The summed E-state index contributed by atoms with van der Waals surface area (Å²) in [6, 6.07) is -0.376. The SMILES string of the molecule is N[C@H]1CS(=O)(=O)CC[C@@H]1CO. The van der Waals surface area contributed by atoms with Crippen molar-refractivity contribution < 1.29 is 13.5 Å². The highest BCUT2D eigenvalue weighted by Crippen LogP contribution is 2.16. The molecule has 0 aromatic carbocycles. The van der Waals surface area contributed by atoms with E-state index < -0.39 is 9.84 Å². The Bertz CT molecular complexity index is 224. The van der Waals surface area contributed by atoms with Crippen LogP contribution in [0.15, 0.2) is 0 Å². The zero-order valence-electron chi connectivity index (χ0n) is 6.23. The van der Waals surface area contributed by atoms with Gasteiger partial charge in [0.2, 0.25) is 0 Å². The molecule has 1 fully saturated rings. The van der Waals surface area contributed by atoms with Crippen LogP contribution in [0.3, 0.4) is 0 Å². The zero-order chi connectivity index (χ0) is 8.48. The summed E-state index contributed by atoms with van der Waals surface area (Å²) in [5, 5.41) is 8.76. The summed E-state index contributed by atoms with van der Waals surface area (Å²) < 4.78 is 21.9. The molecule has 11 heavy (non-hydrogen) atoms. The van der Waals surface area contributed by atoms with Crippen LogP contribution in [0.1, 0.15) is 6.42 Å². The predicted octanol–water partition coefficient (Wildman–Crippen LogP) is -1.26. The zero-order valence-corrected chi connectivity index (χ0v) is 7.05. The van der Waals surface area contributed by atoms with Gasteiger partial charge in [0.25, 0.3) is 0 Å². The molecule has 0 radical (unpaired) electrons. The Hall–Kier alpha value is -0.130. The second-order valence-electron chi connectivity index (χ2n) is 3.01. The molecule has 2 atom stereocenters. The van der Waals surface area contributed by atoms with Gasteiger partial charge in [-0.3, -0.25) is 0 Å². The minimum Gasteiger partial charge on any atom is -0.396 e. The van der Waals surface area contributed by atoms with Gasteiger partial charge in [0, 0.05) is 12.6 Å². The highest BCUT2D eigenvalue weighted by molar-refractivity contribution is 7.91. The molecule has 0 bridgehead atoms. The number of rotatable bonds is 1. The Balaban J connectivity index is 2.62. The summed E-state index contributed by atoms with van der Waals surface area (Å²) in [4.78, 5) is 0. The lowest BCUT2D eigenvalue weighted by Crippen LogP contribution is -2.44. The van der Waals surface area contributed by atoms with Crippen molar-refractivity contribution >= 4 is 9.84 Å². The van der Waals surface area contributed by atoms with Crippen LogP contribution in [-0.4, -0.2) is 37.7 Å². The van der Waals surface area contributed by atoms with Crippen molar-refractivity contribution in [3.63, 3.8) is 0 Å². The summed E-state index contributed by atoms with van der Waals surface area (Å²) >= 11 is 0. The fraction of sp³-hybridized carbons (Fsp3) is 1.00. The average molecular weight is 179 g/mol. The van der Waals surface area contributed by atoms with Crippen molar-refractivity contribution in [3.8, 4) is 0 Å². The molecule has 0 amide bonds. The third-order valence-electron chi connectivity index (χ3n) is 2.09. The molecule has 1 aliphatic rings. The van der Waals surface area contributed by atoms with Gasteiger partial charge in [0.05, 0.1) is 11.5 Å². The Kier molecular flexibility index (Phi) is 2.51. The van der Waals surface area contributed by atoms with Crippen molar-refractivity contribution in [2.24, 2.45) is 11.7 Å². The van der Waals surface area contributed by atoms with Gasteiger partial charge < -0.3 is 10.8 Å². The largest absolute Gasteiger partial charge is 0.396 e. The van der Waals surface area contributed by atoms with Crippen LogP contribution in [0.4, 0.5) is 0 Å². The molecule has 4 nitrogen and oxygen atoms in total. The van der Waals surface area contributed by atoms with E-state index in [9.17, 15) is 8.42 Å². The molecule has 0 unspecified atom stereocenters. The smallest absolute Gasteiger partial charge is 0.151 e. The molecule has 1 saturated heterocycles. The highest BCUT2D eigenvalue weighted by Gasteiger charge is 2.29. The molecule has 66 valence electrons. The molecule has 0 aromatic rings. The van der Waals surface area contributed by atoms with Gasteiger partial charge in [-0.25, -0.2) is 8.42 Å². The number of nitrogens with two attached hydrogens (primary N) is 1. The quantitative estimate of drug-likeness (QED) is 0.526. The van der Waals surface area contributed by atoms with Crippen molar-refractivity contribution in [2.45, 2.75) is 12.5 Å². The van der Waals surface area contributed by atoms with Crippen molar-refractivity contribution in [1.29, 1.82) is 0 Å². The standard InChI is InChI=1S/C6H13NO3S/c7-6-4-11(9,10)2-1-5(6)3-8/h5-6,8H,1-4,7H2/t5-,6+/m1/s1. The van der Waals surface area contributed by atoms with E-state index in [0.717, 1.165) is 0 Å². The lowest BCUT2D eigenvalue weighted by molar-refractivity contribution is 0.202. The number of hydrogen-bond donors (Lipinski definition) is 2. The van der Waals surface area contributed by atoms with Crippen molar-refractivity contribution in [1.82, 2.24) is 0 Å². The first-order chi connectivity index (χ1) is 5.05. The highest BCUT2D eigenvalue weighted by atomic mass is 32.2. The number of hydrogen-bond acceptors (Lipinski definition) is 4. The van der Waals surface area contributed by atoms with Gasteiger partial charge in [-0.1, -0.05) is 0 Å². The van der Waals surface area contributed by atoms with Crippen LogP contribution >= 0.6 is 0 Å². The minimum absolute atomic E-state index is 0.00329. The van der Waals surface area contributed by atoms with Crippen LogP contribution in [-0.2, 0) is 9.84 Å². The molecule has 3 N–H and O–H groups in total. The summed E-state index contributed by atoms with van der Waals surface area (Å²) in [5.74, 6) is 0.169. The first-order valence-electron chi connectivity index (χ1n) is 3.62. The lowest BCUT2D eigenvalue weighted by Gasteiger charge is -2.26. The number of aliphatic hydroxyl groups is 1. The van der Waals surface area contributed by atoms with Crippen molar-refractivity contribution in [3.05, 3.63) is 0 Å². The maximum atomic E-state index is 11.0. The second-order valence-corrected chi connectivity index (χ2v) is 5.24. The van der Waals surface area contributed by atoms with E-state index in [4.69, 9.17) is 10.8 Å². The third-order valence-corrected chi connectivity index (χ3v) is 3.84. The van der Waals surface area contributed by atoms with E-state index in [-0.39, 0.29) is 30.1 Å². The Morgan fingerprint density at radius 2 is 2.18 bits per heavy atom. The topological polar surface area (TPSA) is 80.4 Å². The van der Waals surface area contributed by atoms with Crippen LogP contribution in [0.5, 0.6) is 0 Å². The van der Waals surface area contributed by atoms with E-state index in [2.05, 4.69) is 0 Å². The lowest BCUT2D eigenvalue weighted by atomic mass is 10.00. The second kappa shape index (κ2) is 3.08. The molecule has 5 heteroatoms. The van der Waals surface area contributed by atoms with Gasteiger partial charge in [0.1, 0.15) is 0 Å². The number of sulfone groups is 1. The van der Waals surface area contributed by atoms with E-state index in [0.29, 0.717) is 6.42 Å². The van der Waals surface area contributed by atoms with Crippen LogP contribution < -0.4 is 5.73 Å². The van der Waals surface area contributed by atoms with Gasteiger partial charge in [-0.15, -0.1) is 0 Å². The fourth-order valence-corrected chi connectivity index (χ4v) is 2.97. The molecule has 0 aliphatic carbocycles. The average Bonchev–Trinajstić information content (AvgIpc) is 1.86. The monoisotopic (exact) mass is 179 g/mol. The third kappa shape index (κ3) is 2.15. The summed E-state index contributed by atoms with van der Waals surface area (Å²) in [5.41, 5.74) is 5.53. The van der Waals surface area contributed by atoms with Gasteiger partial charge in [-0.2, -0.15) is 0 Å². The van der Waals surface area contributed by atoms with Crippen molar-refractivity contribution in [2.75, 3.05) is 18.1 Å². The van der Waals surface area contributed by atoms with E-state index in [1.165, 1.54) is 0 Å². The van der Waals surface area contributed by atoms with E-state index in [1.807, 2.05) is 0 Å². The first kappa shape index (κ1) is 8.96. The molecule has 0 saturated carbocycles. The van der Waals surface area contributed by atoms with Crippen LogP contribution in [0.25, 0.3) is 0 Å². The Morgan fingerprint density at radius 3 is 2.64 bits per heavy atom. The van der Waals surface area contributed by atoms with Crippen LogP contribution in [0.2, 0.25) is 0 Å². The molecule has 0 aromatic heterocycles. The molecular formula is C6H13NO3S.